The van der Waals surface area contributed by atoms with Gasteiger partial charge in [-0.05, 0) is 43.3 Å². The van der Waals surface area contributed by atoms with E-state index in [1.807, 2.05) is 24.3 Å². The van der Waals surface area contributed by atoms with Crippen LogP contribution in [0.3, 0.4) is 0 Å². The standard InChI is InChI=1S/C20H19ClN4O3/c1-12-10-16(19(26)23-15-11-13(21)8-9-18(15)28-3)25-20(22-12)24-14-6-4-5-7-17(14)27-2/h4-11H,1-3H3,(H,23,26)(H,22,24,25). The Balaban J connectivity index is 1.87. The highest BCUT2D eigenvalue weighted by Crippen LogP contribution is 2.28. The summed E-state index contributed by atoms with van der Waals surface area (Å²) in [5.41, 5.74) is 1.98. The Hall–Kier alpha value is -3.32. The number of para-hydroxylation sites is 2. The second-order valence-electron chi connectivity index (χ2n) is 5.84. The number of aromatic nitrogens is 2. The second kappa shape index (κ2) is 8.58. The van der Waals surface area contributed by atoms with Crippen LogP contribution in [-0.2, 0) is 0 Å². The van der Waals surface area contributed by atoms with Gasteiger partial charge in [0.25, 0.3) is 5.91 Å². The number of methoxy groups -OCH3 is 2. The Morgan fingerprint density at radius 2 is 1.68 bits per heavy atom. The first-order valence-electron chi connectivity index (χ1n) is 8.41. The molecule has 2 N–H and O–H groups in total. The van der Waals surface area contributed by atoms with E-state index in [2.05, 4.69) is 20.6 Å². The molecule has 7 nitrogen and oxygen atoms in total. The summed E-state index contributed by atoms with van der Waals surface area (Å²) in [6.07, 6.45) is 0. The van der Waals surface area contributed by atoms with Crippen LogP contribution in [0.4, 0.5) is 17.3 Å². The van der Waals surface area contributed by atoms with E-state index in [1.54, 1.807) is 38.3 Å². The Labute approximate surface area is 167 Å². The first-order chi connectivity index (χ1) is 13.5. The molecule has 0 unspecified atom stereocenters. The fourth-order valence-corrected chi connectivity index (χ4v) is 2.75. The van der Waals surface area contributed by atoms with Gasteiger partial charge < -0.3 is 20.1 Å². The van der Waals surface area contributed by atoms with Crippen molar-refractivity contribution in [1.29, 1.82) is 0 Å². The molecular weight excluding hydrogens is 380 g/mol. The topological polar surface area (TPSA) is 85.4 Å². The number of ether oxygens (including phenoxy) is 2. The quantitative estimate of drug-likeness (QED) is 0.638. The number of halogens is 1. The molecule has 1 heterocycles. The van der Waals surface area contributed by atoms with E-state index in [4.69, 9.17) is 21.1 Å². The summed E-state index contributed by atoms with van der Waals surface area (Å²) < 4.78 is 10.6. The van der Waals surface area contributed by atoms with E-state index in [0.717, 1.165) is 0 Å². The van der Waals surface area contributed by atoms with Crippen molar-refractivity contribution in [2.75, 3.05) is 24.9 Å². The van der Waals surface area contributed by atoms with Crippen LogP contribution in [0.5, 0.6) is 11.5 Å². The van der Waals surface area contributed by atoms with E-state index in [-0.39, 0.29) is 11.6 Å². The smallest absolute Gasteiger partial charge is 0.274 e. The van der Waals surface area contributed by atoms with Crippen LogP contribution in [0.2, 0.25) is 5.02 Å². The second-order valence-corrected chi connectivity index (χ2v) is 6.28. The molecule has 0 atom stereocenters. The molecule has 8 heteroatoms. The van der Waals surface area contributed by atoms with Crippen LogP contribution in [0.25, 0.3) is 0 Å². The number of amides is 1. The number of aryl methyl sites for hydroxylation is 1. The van der Waals surface area contributed by atoms with E-state index in [9.17, 15) is 4.79 Å². The maximum absolute atomic E-state index is 12.7. The van der Waals surface area contributed by atoms with Crippen molar-refractivity contribution >= 4 is 34.8 Å². The molecule has 0 radical (unpaired) electrons. The average molecular weight is 399 g/mol. The van der Waals surface area contributed by atoms with Crippen molar-refractivity contribution in [1.82, 2.24) is 9.97 Å². The van der Waals surface area contributed by atoms with Gasteiger partial charge in [0.1, 0.15) is 17.2 Å². The van der Waals surface area contributed by atoms with Crippen molar-refractivity contribution in [3.8, 4) is 11.5 Å². The molecule has 1 aromatic heterocycles. The number of carbonyl (C=O) groups excluding carboxylic acids is 1. The summed E-state index contributed by atoms with van der Waals surface area (Å²) >= 11 is 6.02. The number of benzene rings is 2. The highest BCUT2D eigenvalue weighted by molar-refractivity contribution is 6.31. The maximum Gasteiger partial charge on any atom is 0.274 e. The molecule has 144 valence electrons. The summed E-state index contributed by atoms with van der Waals surface area (Å²) in [6, 6.07) is 13.9. The summed E-state index contributed by atoms with van der Waals surface area (Å²) in [4.78, 5) is 21.4. The van der Waals surface area contributed by atoms with Crippen LogP contribution in [-0.4, -0.2) is 30.1 Å². The van der Waals surface area contributed by atoms with E-state index in [0.29, 0.717) is 33.6 Å². The van der Waals surface area contributed by atoms with Crippen molar-refractivity contribution in [2.24, 2.45) is 0 Å². The molecule has 3 rings (SSSR count). The highest BCUT2D eigenvalue weighted by Gasteiger charge is 2.14. The molecule has 0 bridgehead atoms. The largest absolute Gasteiger partial charge is 0.495 e. The molecule has 28 heavy (non-hydrogen) atoms. The normalized spacial score (nSPS) is 10.3. The minimum absolute atomic E-state index is 0.201. The third-order valence-corrected chi connectivity index (χ3v) is 4.09. The van der Waals surface area contributed by atoms with Crippen LogP contribution >= 0.6 is 11.6 Å². The summed E-state index contributed by atoms with van der Waals surface area (Å²) in [6.45, 7) is 1.78. The van der Waals surface area contributed by atoms with Gasteiger partial charge in [0.2, 0.25) is 5.95 Å². The summed E-state index contributed by atoms with van der Waals surface area (Å²) in [5.74, 6) is 1.01. The molecule has 3 aromatic rings. The molecule has 0 aliphatic heterocycles. The van der Waals surface area contributed by atoms with Crippen molar-refractivity contribution in [2.45, 2.75) is 6.92 Å². The molecule has 0 aliphatic rings. The van der Waals surface area contributed by atoms with Crippen LogP contribution < -0.4 is 20.1 Å². The summed E-state index contributed by atoms with van der Waals surface area (Å²) in [5, 5.41) is 6.33. The van der Waals surface area contributed by atoms with Gasteiger partial charge in [-0.2, -0.15) is 0 Å². The monoisotopic (exact) mass is 398 g/mol. The van der Waals surface area contributed by atoms with Crippen LogP contribution in [0.15, 0.2) is 48.5 Å². The Bertz CT molecular complexity index is 1010. The Morgan fingerprint density at radius 3 is 2.43 bits per heavy atom. The number of hydrogen-bond donors (Lipinski definition) is 2. The van der Waals surface area contributed by atoms with E-state index >= 15 is 0 Å². The van der Waals surface area contributed by atoms with Gasteiger partial charge in [-0.3, -0.25) is 4.79 Å². The number of hydrogen-bond acceptors (Lipinski definition) is 6. The Morgan fingerprint density at radius 1 is 0.964 bits per heavy atom. The zero-order chi connectivity index (χ0) is 20.1. The lowest BCUT2D eigenvalue weighted by Gasteiger charge is -2.12. The van der Waals surface area contributed by atoms with Gasteiger partial charge in [0, 0.05) is 10.7 Å². The molecule has 2 aromatic carbocycles. The fourth-order valence-electron chi connectivity index (χ4n) is 2.57. The SMILES string of the molecule is COc1ccc(Cl)cc1NC(=O)c1cc(C)nc(Nc2ccccc2OC)n1. The number of carbonyl (C=O) groups is 1. The third-order valence-electron chi connectivity index (χ3n) is 3.85. The first kappa shape index (κ1) is 19.4. The van der Waals surface area contributed by atoms with E-state index in [1.165, 1.54) is 7.11 Å². The predicted molar refractivity (Wildman–Crippen MR) is 109 cm³/mol. The lowest BCUT2D eigenvalue weighted by atomic mass is 10.2. The van der Waals surface area contributed by atoms with Crippen molar-refractivity contribution < 1.29 is 14.3 Å². The highest BCUT2D eigenvalue weighted by atomic mass is 35.5. The van der Waals surface area contributed by atoms with E-state index < -0.39 is 5.91 Å². The predicted octanol–water partition coefficient (Wildman–Crippen LogP) is 4.45. The fraction of sp³-hybridized carbons (Fsp3) is 0.150. The van der Waals surface area contributed by atoms with Gasteiger partial charge in [0.05, 0.1) is 25.6 Å². The molecule has 1 amide bonds. The van der Waals surface area contributed by atoms with Gasteiger partial charge in [-0.1, -0.05) is 23.7 Å². The van der Waals surface area contributed by atoms with Gasteiger partial charge >= 0.3 is 0 Å². The molecule has 0 saturated heterocycles. The third kappa shape index (κ3) is 4.50. The minimum atomic E-state index is -0.408. The number of anilines is 3. The summed E-state index contributed by atoms with van der Waals surface area (Å²) in [7, 11) is 3.10. The number of nitrogens with one attached hydrogen (secondary N) is 2. The lowest BCUT2D eigenvalue weighted by molar-refractivity contribution is 0.102. The maximum atomic E-state index is 12.7. The van der Waals surface area contributed by atoms with Gasteiger partial charge in [-0.15, -0.1) is 0 Å². The van der Waals surface area contributed by atoms with Crippen molar-refractivity contribution in [3.63, 3.8) is 0 Å². The van der Waals surface area contributed by atoms with Crippen LogP contribution in [0, 0.1) is 6.92 Å². The van der Waals surface area contributed by atoms with Gasteiger partial charge in [-0.25, -0.2) is 9.97 Å². The molecule has 0 spiro atoms. The van der Waals surface area contributed by atoms with Gasteiger partial charge in [0.15, 0.2) is 0 Å². The molecule has 0 fully saturated rings. The Kier molecular flexibility index (Phi) is 5.96. The number of nitrogens with zero attached hydrogens (tertiary/aromatic N) is 2. The molecular formula is C20H19ClN4O3. The minimum Gasteiger partial charge on any atom is -0.495 e. The van der Waals surface area contributed by atoms with Crippen molar-refractivity contribution in [3.05, 3.63) is 64.9 Å². The first-order valence-corrected chi connectivity index (χ1v) is 8.78. The number of rotatable bonds is 6. The molecule has 0 aliphatic carbocycles. The lowest BCUT2D eigenvalue weighted by Crippen LogP contribution is -2.16. The zero-order valence-corrected chi connectivity index (χ0v) is 16.4. The van der Waals surface area contributed by atoms with Crippen LogP contribution in [0.1, 0.15) is 16.2 Å². The molecule has 0 saturated carbocycles. The average Bonchev–Trinajstić information content (AvgIpc) is 2.68. The zero-order valence-electron chi connectivity index (χ0n) is 15.6.